The number of alkyl halides is 3. The van der Waals surface area contributed by atoms with Crippen LogP contribution in [-0.4, -0.2) is 19.5 Å². The molecule has 10 heteroatoms. The summed E-state index contributed by atoms with van der Waals surface area (Å²) in [5.41, 5.74) is 6.52. The highest BCUT2D eigenvalue weighted by atomic mass is 19.4. The number of aryl methyl sites for hydroxylation is 1. The molecular weight excluding hydrogens is 388 g/mol. The van der Waals surface area contributed by atoms with Crippen LogP contribution in [0.2, 0.25) is 0 Å². The van der Waals surface area contributed by atoms with Crippen LogP contribution in [0.5, 0.6) is 0 Å². The highest BCUT2D eigenvalue weighted by molar-refractivity contribution is 5.77. The molecule has 29 heavy (non-hydrogen) atoms. The molecule has 0 amide bonds. The molecule has 0 unspecified atom stereocenters. The van der Waals surface area contributed by atoms with Gasteiger partial charge in [-0.3, -0.25) is 4.57 Å². The van der Waals surface area contributed by atoms with Crippen molar-refractivity contribution in [2.45, 2.75) is 13.1 Å². The number of halogens is 4. The van der Waals surface area contributed by atoms with E-state index < -0.39 is 23.4 Å². The first kappa shape index (κ1) is 18.7. The zero-order valence-electron chi connectivity index (χ0n) is 15.0. The lowest BCUT2D eigenvalue weighted by atomic mass is 10.2. The van der Waals surface area contributed by atoms with Crippen molar-refractivity contribution in [3.8, 4) is 5.95 Å². The summed E-state index contributed by atoms with van der Waals surface area (Å²) in [7, 11) is 0. The molecule has 3 N–H and O–H groups in total. The van der Waals surface area contributed by atoms with Crippen LogP contribution in [0.1, 0.15) is 11.4 Å². The first-order valence-electron chi connectivity index (χ1n) is 8.46. The van der Waals surface area contributed by atoms with E-state index in [0.29, 0.717) is 16.9 Å². The first-order chi connectivity index (χ1) is 13.7. The third kappa shape index (κ3) is 3.44. The van der Waals surface area contributed by atoms with Gasteiger partial charge in [0, 0.05) is 5.69 Å². The molecule has 4 aromatic rings. The van der Waals surface area contributed by atoms with Crippen molar-refractivity contribution in [3.63, 3.8) is 0 Å². The number of nitrogens with zero attached hydrogens (tertiary/aromatic N) is 4. The Morgan fingerprint density at radius 3 is 2.34 bits per heavy atom. The predicted octanol–water partition coefficient (Wildman–Crippen LogP) is 4.61. The molecule has 0 saturated heterocycles. The van der Waals surface area contributed by atoms with Crippen LogP contribution in [0.3, 0.4) is 0 Å². The van der Waals surface area contributed by atoms with Crippen molar-refractivity contribution < 1.29 is 17.6 Å². The molecule has 4 rings (SSSR count). The van der Waals surface area contributed by atoms with Crippen LogP contribution >= 0.6 is 0 Å². The van der Waals surface area contributed by atoms with Gasteiger partial charge < -0.3 is 11.1 Å². The van der Waals surface area contributed by atoms with Gasteiger partial charge in [-0.05, 0) is 43.3 Å². The first-order valence-corrected chi connectivity index (χ1v) is 8.46. The zero-order chi connectivity index (χ0) is 20.8. The Bertz CT molecular complexity index is 1200. The van der Waals surface area contributed by atoms with Crippen molar-refractivity contribution >= 4 is 28.4 Å². The maximum absolute atomic E-state index is 14.5. The van der Waals surface area contributed by atoms with Gasteiger partial charge in [-0.1, -0.05) is 12.1 Å². The molecule has 0 atom stereocenters. The van der Waals surface area contributed by atoms with Gasteiger partial charge in [-0.25, -0.2) is 4.98 Å². The maximum Gasteiger partial charge on any atom is 0.416 e. The van der Waals surface area contributed by atoms with E-state index in [1.165, 1.54) is 12.1 Å². The normalized spacial score (nSPS) is 11.8. The highest BCUT2D eigenvalue weighted by Crippen LogP contribution is 2.31. The fourth-order valence-corrected chi connectivity index (χ4v) is 2.91. The van der Waals surface area contributed by atoms with Crippen LogP contribution in [0.4, 0.5) is 34.9 Å². The van der Waals surface area contributed by atoms with Crippen molar-refractivity contribution in [3.05, 3.63) is 65.7 Å². The quantitative estimate of drug-likeness (QED) is 0.489. The second-order valence-corrected chi connectivity index (χ2v) is 6.25. The summed E-state index contributed by atoms with van der Waals surface area (Å²) in [6.45, 7) is 1.74. The number of rotatable bonds is 3. The Hall–Kier alpha value is -3.69. The molecule has 2 aromatic heterocycles. The van der Waals surface area contributed by atoms with E-state index in [4.69, 9.17) is 5.73 Å². The summed E-state index contributed by atoms with van der Waals surface area (Å²) >= 11 is 0. The average Bonchev–Trinajstić information content (AvgIpc) is 3.00. The van der Waals surface area contributed by atoms with Gasteiger partial charge in [-0.15, -0.1) is 0 Å². The molecule has 2 heterocycles. The summed E-state index contributed by atoms with van der Waals surface area (Å²) in [5, 5.41) is 2.65. The monoisotopic (exact) mass is 402 g/mol. The molecule has 6 nitrogen and oxygen atoms in total. The van der Waals surface area contributed by atoms with E-state index in [-0.39, 0.29) is 17.5 Å². The molecule has 148 valence electrons. The van der Waals surface area contributed by atoms with Gasteiger partial charge in [0.05, 0.1) is 16.6 Å². The summed E-state index contributed by atoms with van der Waals surface area (Å²) in [6.07, 6.45) is -4.46. The van der Waals surface area contributed by atoms with Crippen molar-refractivity contribution in [1.29, 1.82) is 0 Å². The van der Waals surface area contributed by atoms with Crippen LogP contribution in [0, 0.1) is 12.7 Å². The van der Waals surface area contributed by atoms with Crippen LogP contribution in [-0.2, 0) is 6.18 Å². The number of nitrogens with two attached hydrogens (primary N) is 1. The summed E-state index contributed by atoms with van der Waals surface area (Å²) in [5.74, 6) is -0.913. The second-order valence-electron chi connectivity index (χ2n) is 6.25. The summed E-state index contributed by atoms with van der Waals surface area (Å²) in [6, 6.07) is 11.4. The van der Waals surface area contributed by atoms with Gasteiger partial charge in [-0.2, -0.15) is 27.5 Å². The number of fused-ring (bicyclic) bond motifs is 1. The predicted molar refractivity (Wildman–Crippen MR) is 100 cm³/mol. The third-order valence-corrected chi connectivity index (χ3v) is 4.27. The van der Waals surface area contributed by atoms with Crippen molar-refractivity contribution in [1.82, 2.24) is 19.5 Å². The third-order valence-electron chi connectivity index (χ3n) is 4.27. The zero-order valence-corrected chi connectivity index (χ0v) is 15.0. The molecule has 0 fully saturated rings. The minimum atomic E-state index is -4.46. The van der Waals surface area contributed by atoms with Crippen LogP contribution < -0.4 is 11.1 Å². The minimum Gasteiger partial charge on any atom is -0.381 e. The van der Waals surface area contributed by atoms with E-state index in [1.54, 1.807) is 17.6 Å². The van der Waals surface area contributed by atoms with Gasteiger partial charge in [0.15, 0.2) is 11.6 Å². The fourth-order valence-electron chi connectivity index (χ4n) is 2.91. The number of nitrogen functional groups attached to an aromatic ring is 1. The number of aromatic nitrogens is 4. The average molecular weight is 402 g/mol. The second kappa shape index (κ2) is 6.73. The number of hydrogen-bond donors (Lipinski definition) is 2. The summed E-state index contributed by atoms with van der Waals surface area (Å²) in [4.78, 5) is 12.6. The largest absolute Gasteiger partial charge is 0.416 e. The van der Waals surface area contributed by atoms with Crippen molar-refractivity contribution in [2.75, 3.05) is 11.1 Å². The Balaban J connectivity index is 1.76. The lowest BCUT2D eigenvalue weighted by Gasteiger charge is -2.12. The molecule has 0 aliphatic heterocycles. The van der Waals surface area contributed by atoms with Crippen LogP contribution in [0.15, 0.2) is 48.5 Å². The summed E-state index contributed by atoms with van der Waals surface area (Å²) < 4.78 is 54.2. The van der Waals surface area contributed by atoms with E-state index in [0.717, 1.165) is 12.1 Å². The van der Waals surface area contributed by atoms with Gasteiger partial charge in [0.25, 0.3) is 0 Å². The Morgan fingerprint density at radius 2 is 1.66 bits per heavy atom. The molecule has 0 bridgehead atoms. The number of benzene rings is 2. The molecule has 0 aliphatic carbocycles. The maximum atomic E-state index is 14.5. The molecular formula is C19H14F4N6. The molecule has 0 aliphatic rings. The number of hydrogen-bond acceptors (Lipinski definition) is 5. The number of para-hydroxylation sites is 2. The molecule has 0 radical (unpaired) electrons. The van der Waals surface area contributed by atoms with Crippen molar-refractivity contribution in [2.24, 2.45) is 0 Å². The Morgan fingerprint density at radius 1 is 0.966 bits per heavy atom. The topological polar surface area (TPSA) is 81.7 Å². The minimum absolute atomic E-state index is 0.0875. The Kier molecular flexibility index (Phi) is 4.33. The van der Waals surface area contributed by atoms with Gasteiger partial charge in [0.1, 0.15) is 5.82 Å². The smallest absolute Gasteiger partial charge is 0.381 e. The van der Waals surface area contributed by atoms with Gasteiger partial charge >= 0.3 is 6.18 Å². The van der Waals surface area contributed by atoms with Gasteiger partial charge in [0.2, 0.25) is 11.8 Å². The van der Waals surface area contributed by atoms with E-state index >= 15 is 0 Å². The SMILES string of the molecule is Cc1nc2ccccc2n1-c1nc(N)c(F)c(Nc2ccc(C(F)(F)F)cc2)n1. The van der Waals surface area contributed by atoms with Crippen LogP contribution in [0.25, 0.3) is 17.0 Å². The highest BCUT2D eigenvalue weighted by Gasteiger charge is 2.30. The molecule has 0 saturated carbocycles. The van der Waals surface area contributed by atoms with E-state index in [1.807, 2.05) is 18.2 Å². The number of anilines is 3. The van der Waals surface area contributed by atoms with E-state index in [9.17, 15) is 17.6 Å². The lowest BCUT2D eigenvalue weighted by Crippen LogP contribution is -2.11. The number of imidazole rings is 1. The lowest BCUT2D eigenvalue weighted by molar-refractivity contribution is -0.137. The molecule has 2 aromatic carbocycles. The standard InChI is InChI=1S/C19H14F4N6/c1-10-25-13-4-2-3-5-14(13)29(10)18-27-16(24)15(20)17(28-18)26-12-8-6-11(7-9-12)19(21,22)23/h2-9H,1H3,(H3,24,26,27,28). The number of nitrogens with one attached hydrogen (secondary N) is 1. The van der Waals surface area contributed by atoms with E-state index in [2.05, 4.69) is 20.3 Å². The fraction of sp³-hybridized carbons (Fsp3) is 0.105. The molecule has 0 spiro atoms. The Labute approximate surface area is 162 Å².